The number of hydrogen-bond donors (Lipinski definition) is 2. The molecule has 3 rings (SSSR count). The van der Waals surface area contributed by atoms with Crippen LogP contribution >= 0.6 is 0 Å². The maximum absolute atomic E-state index is 13.6. The van der Waals surface area contributed by atoms with Crippen molar-refractivity contribution < 1.29 is 22.7 Å². The van der Waals surface area contributed by atoms with Crippen molar-refractivity contribution in [3.05, 3.63) is 89.5 Å². The van der Waals surface area contributed by atoms with Gasteiger partial charge in [-0.2, -0.15) is 0 Å². The fourth-order valence-corrected chi connectivity index (χ4v) is 5.09. The molecule has 0 saturated carbocycles. The number of methoxy groups -OCH3 is 1. The molecule has 190 valence electrons. The molecule has 8 nitrogen and oxygen atoms in total. The highest BCUT2D eigenvalue weighted by molar-refractivity contribution is 7.92. The molecule has 0 fully saturated rings. The minimum Gasteiger partial charge on any atom is -0.385 e. The summed E-state index contributed by atoms with van der Waals surface area (Å²) in [7, 11) is -2.45. The first-order chi connectivity index (χ1) is 17.2. The molecule has 3 aromatic rings. The first-order valence-corrected chi connectivity index (χ1v) is 13.0. The maximum atomic E-state index is 13.6. The molecule has 0 bridgehead atoms. The van der Waals surface area contributed by atoms with Crippen LogP contribution in [0.25, 0.3) is 0 Å². The molecule has 9 heteroatoms. The Morgan fingerprint density at radius 2 is 1.58 bits per heavy atom. The number of nitrogens with one attached hydrogen (secondary N) is 2. The van der Waals surface area contributed by atoms with E-state index in [4.69, 9.17) is 4.74 Å². The van der Waals surface area contributed by atoms with Crippen LogP contribution < -0.4 is 14.9 Å². The Balaban J connectivity index is 1.86. The van der Waals surface area contributed by atoms with Crippen LogP contribution in [0.2, 0.25) is 0 Å². The van der Waals surface area contributed by atoms with Gasteiger partial charge < -0.3 is 15.4 Å². The summed E-state index contributed by atoms with van der Waals surface area (Å²) in [6.45, 7) is 4.13. The molecule has 0 aliphatic rings. The Kier molecular flexibility index (Phi) is 9.21. The lowest BCUT2D eigenvalue weighted by Crippen LogP contribution is -2.39. The number of carbonyl (C=O) groups is 2. The highest BCUT2D eigenvalue weighted by Crippen LogP contribution is 2.27. The van der Waals surface area contributed by atoms with Crippen molar-refractivity contribution in [3.8, 4) is 0 Å². The van der Waals surface area contributed by atoms with E-state index in [1.165, 1.54) is 12.1 Å². The molecule has 0 unspecified atom stereocenters. The van der Waals surface area contributed by atoms with E-state index < -0.39 is 22.5 Å². The number of amides is 2. The first kappa shape index (κ1) is 26.9. The van der Waals surface area contributed by atoms with Gasteiger partial charge in [0.15, 0.2) is 0 Å². The lowest BCUT2D eigenvalue weighted by molar-refractivity contribution is -0.114. The third-order valence-electron chi connectivity index (χ3n) is 5.54. The number of nitrogens with zero attached hydrogens (tertiary/aromatic N) is 1. The zero-order chi connectivity index (χ0) is 26.1. The van der Waals surface area contributed by atoms with Gasteiger partial charge >= 0.3 is 0 Å². The van der Waals surface area contributed by atoms with Crippen LogP contribution in [0.4, 0.5) is 11.4 Å². The van der Waals surface area contributed by atoms with Crippen molar-refractivity contribution in [3.63, 3.8) is 0 Å². The average molecular weight is 510 g/mol. The zero-order valence-electron chi connectivity index (χ0n) is 20.7. The normalized spacial score (nSPS) is 11.1. The van der Waals surface area contributed by atoms with E-state index in [9.17, 15) is 18.0 Å². The van der Waals surface area contributed by atoms with E-state index in [-0.39, 0.29) is 16.4 Å². The summed E-state index contributed by atoms with van der Waals surface area (Å²) in [6, 6.07) is 20.0. The van der Waals surface area contributed by atoms with Crippen LogP contribution in [0, 0.1) is 13.8 Å². The molecule has 2 amide bonds. The van der Waals surface area contributed by atoms with Crippen molar-refractivity contribution >= 4 is 33.2 Å². The molecular weight excluding hydrogens is 478 g/mol. The molecule has 36 heavy (non-hydrogen) atoms. The largest absolute Gasteiger partial charge is 0.385 e. The second-order valence-electron chi connectivity index (χ2n) is 8.31. The predicted octanol–water partition coefficient (Wildman–Crippen LogP) is 3.90. The molecular formula is C27H31N3O5S. The van der Waals surface area contributed by atoms with E-state index >= 15 is 0 Å². The number of aryl methyl sites for hydroxylation is 2. The van der Waals surface area contributed by atoms with Crippen LogP contribution in [-0.2, 0) is 19.6 Å². The van der Waals surface area contributed by atoms with Crippen LogP contribution in [0.15, 0.2) is 77.7 Å². The number of benzene rings is 3. The average Bonchev–Trinajstić information content (AvgIpc) is 2.86. The zero-order valence-corrected chi connectivity index (χ0v) is 21.5. The van der Waals surface area contributed by atoms with E-state index in [1.807, 2.05) is 6.92 Å². The number of ether oxygens (including phenoxy) is 1. The Morgan fingerprint density at radius 1 is 0.917 bits per heavy atom. The molecule has 0 heterocycles. The maximum Gasteiger partial charge on any atom is 0.264 e. The van der Waals surface area contributed by atoms with Crippen LogP contribution in [0.5, 0.6) is 0 Å². The number of para-hydroxylation sites is 2. The molecule has 3 aromatic carbocycles. The second-order valence-corrected chi connectivity index (χ2v) is 10.2. The fraction of sp³-hybridized carbons (Fsp3) is 0.259. The third-order valence-corrected chi connectivity index (χ3v) is 7.31. The molecule has 0 aliphatic heterocycles. The van der Waals surface area contributed by atoms with Crippen molar-refractivity contribution in [1.29, 1.82) is 0 Å². The monoisotopic (exact) mass is 509 g/mol. The Hall–Kier alpha value is -3.69. The molecule has 0 aromatic heterocycles. The standard InChI is InChI=1S/C27H31N3O5S/c1-20-13-15-22(16-14-20)36(33,34)30(25-12-7-4-9-21(25)2)19-26(31)29-24-11-6-5-10-23(24)27(32)28-17-8-18-35-3/h4-7,9-16H,8,17-19H2,1-3H3,(H,28,32)(H,29,31). The van der Waals surface area contributed by atoms with Gasteiger partial charge in [-0.3, -0.25) is 13.9 Å². The van der Waals surface area contributed by atoms with Gasteiger partial charge in [-0.15, -0.1) is 0 Å². The molecule has 0 saturated heterocycles. The lowest BCUT2D eigenvalue weighted by Gasteiger charge is -2.26. The van der Waals surface area contributed by atoms with E-state index in [2.05, 4.69) is 10.6 Å². The molecule has 0 aliphatic carbocycles. The molecule has 2 N–H and O–H groups in total. The molecule has 0 radical (unpaired) electrons. The lowest BCUT2D eigenvalue weighted by atomic mass is 10.1. The van der Waals surface area contributed by atoms with E-state index in [1.54, 1.807) is 74.7 Å². The van der Waals surface area contributed by atoms with Crippen molar-refractivity contribution in [1.82, 2.24) is 5.32 Å². The summed E-state index contributed by atoms with van der Waals surface area (Å²) in [6.07, 6.45) is 0.652. The Labute approximate surface area is 212 Å². The van der Waals surface area contributed by atoms with Crippen LogP contribution in [-0.4, -0.2) is 47.0 Å². The number of anilines is 2. The van der Waals surface area contributed by atoms with Gasteiger partial charge in [0.1, 0.15) is 6.54 Å². The van der Waals surface area contributed by atoms with Gasteiger partial charge in [-0.05, 0) is 56.2 Å². The number of hydrogen-bond acceptors (Lipinski definition) is 5. The fourth-order valence-electron chi connectivity index (χ4n) is 3.60. The van der Waals surface area contributed by atoms with Crippen LogP contribution in [0.3, 0.4) is 0 Å². The van der Waals surface area contributed by atoms with Crippen molar-refractivity contribution in [2.75, 3.05) is 36.4 Å². The second kappa shape index (κ2) is 12.3. The molecule has 0 atom stereocenters. The number of rotatable bonds is 11. The van der Waals surface area contributed by atoms with E-state index in [0.717, 1.165) is 9.87 Å². The highest BCUT2D eigenvalue weighted by Gasteiger charge is 2.28. The van der Waals surface area contributed by atoms with Crippen molar-refractivity contribution in [2.45, 2.75) is 25.2 Å². The Morgan fingerprint density at radius 3 is 2.28 bits per heavy atom. The minimum atomic E-state index is -4.04. The summed E-state index contributed by atoms with van der Waals surface area (Å²) in [5.41, 5.74) is 2.61. The topological polar surface area (TPSA) is 105 Å². The van der Waals surface area contributed by atoms with Gasteiger partial charge in [0.05, 0.1) is 21.8 Å². The first-order valence-electron chi connectivity index (χ1n) is 11.5. The van der Waals surface area contributed by atoms with Gasteiger partial charge in [0, 0.05) is 20.3 Å². The highest BCUT2D eigenvalue weighted by atomic mass is 32.2. The summed E-state index contributed by atoms with van der Waals surface area (Å²) < 4.78 is 33.3. The molecule has 0 spiro atoms. The van der Waals surface area contributed by atoms with Gasteiger partial charge in [0.2, 0.25) is 5.91 Å². The van der Waals surface area contributed by atoms with Gasteiger partial charge in [0.25, 0.3) is 15.9 Å². The summed E-state index contributed by atoms with van der Waals surface area (Å²) in [5, 5.41) is 5.51. The SMILES string of the molecule is COCCCNC(=O)c1ccccc1NC(=O)CN(c1ccccc1C)S(=O)(=O)c1ccc(C)cc1. The number of carbonyl (C=O) groups excluding carboxylic acids is 2. The van der Waals surface area contributed by atoms with Crippen LogP contribution in [0.1, 0.15) is 27.9 Å². The quantitative estimate of drug-likeness (QED) is 0.382. The van der Waals surface area contributed by atoms with Crippen molar-refractivity contribution in [2.24, 2.45) is 0 Å². The summed E-state index contributed by atoms with van der Waals surface area (Å²) in [5.74, 6) is -0.918. The third kappa shape index (κ3) is 6.71. The minimum absolute atomic E-state index is 0.0833. The van der Waals surface area contributed by atoms with E-state index in [0.29, 0.717) is 36.5 Å². The number of sulfonamides is 1. The van der Waals surface area contributed by atoms with Gasteiger partial charge in [-0.25, -0.2) is 8.42 Å². The summed E-state index contributed by atoms with van der Waals surface area (Å²) in [4.78, 5) is 25.9. The predicted molar refractivity (Wildman–Crippen MR) is 141 cm³/mol. The Bertz CT molecular complexity index is 1310. The smallest absolute Gasteiger partial charge is 0.264 e. The van der Waals surface area contributed by atoms with Gasteiger partial charge in [-0.1, -0.05) is 48.0 Å². The summed E-state index contributed by atoms with van der Waals surface area (Å²) >= 11 is 0.